The number of hydrogen-bond acceptors (Lipinski definition) is 5. The summed E-state index contributed by atoms with van der Waals surface area (Å²) < 4.78 is 5.46. The quantitative estimate of drug-likeness (QED) is 0.809. The molecule has 0 aromatic heterocycles. The van der Waals surface area contributed by atoms with E-state index >= 15 is 0 Å². The molecule has 0 aliphatic carbocycles. The fourth-order valence-corrected chi connectivity index (χ4v) is 4.84. The number of amides is 2. The Labute approximate surface area is 166 Å². The number of morpholine rings is 1. The van der Waals surface area contributed by atoms with E-state index in [2.05, 4.69) is 26.5 Å². The number of fused-ring (bicyclic) bond motifs is 3. The van der Waals surface area contributed by atoms with Crippen LogP contribution in [0.2, 0.25) is 0 Å². The van der Waals surface area contributed by atoms with Gasteiger partial charge in [-0.2, -0.15) is 5.26 Å². The van der Waals surface area contributed by atoms with Crippen molar-refractivity contribution in [2.75, 3.05) is 57.8 Å². The van der Waals surface area contributed by atoms with Crippen LogP contribution in [0, 0.1) is 23.2 Å². The third kappa shape index (κ3) is 4.64. The molecule has 2 N–H and O–H groups in total. The number of nitriles is 1. The lowest BCUT2D eigenvalue weighted by molar-refractivity contribution is -0.0289. The second-order valence-corrected chi connectivity index (χ2v) is 8.13. The molecule has 1 aromatic carbocycles. The van der Waals surface area contributed by atoms with Crippen LogP contribution in [0.5, 0.6) is 0 Å². The van der Waals surface area contributed by atoms with Gasteiger partial charge in [0.25, 0.3) is 0 Å². The number of rotatable bonds is 5. The standard InChI is InChI=1S/C21H29N5O2/c22-12-16-2-1-3-19(10-16)24-21(27)23-13-20-11-17-4-5-26(20)15-18(17)14-25-6-8-28-9-7-25/h1-3,10,17-18,20H,4-9,11,13-15H2,(H2,23,24,27)/t17-,18+,20+/m1/s1. The molecular formula is C21H29N5O2. The monoisotopic (exact) mass is 383 g/mol. The maximum Gasteiger partial charge on any atom is 0.319 e. The minimum atomic E-state index is -0.206. The second kappa shape index (κ2) is 8.91. The fourth-order valence-electron chi connectivity index (χ4n) is 4.84. The van der Waals surface area contributed by atoms with Gasteiger partial charge in [0.15, 0.2) is 0 Å². The van der Waals surface area contributed by atoms with Gasteiger partial charge in [-0.3, -0.25) is 9.80 Å². The maximum atomic E-state index is 12.2. The highest BCUT2D eigenvalue weighted by atomic mass is 16.5. The smallest absolute Gasteiger partial charge is 0.319 e. The zero-order valence-electron chi connectivity index (χ0n) is 16.3. The number of urea groups is 1. The Balaban J connectivity index is 1.24. The zero-order valence-corrected chi connectivity index (χ0v) is 16.3. The Kier molecular flexibility index (Phi) is 6.10. The molecule has 1 aromatic rings. The van der Waals surface area contributed by atoms with Gasteiger partial charge in [0.05, 0.1) is 24.8 Å². The van der Waals surface area contributed by atoms with Crippen molar-refractivity contribution in [1.29, 1.82) is 5.26 Å². The average molecular weight is 383 g/mol. The maximum absolute atomic E-state index is 12.2. The predicted octanol–water partition coefficient (Wildman–Crippen LogP) is 1.72. The summed E-state index contributed by atoms with van der Waals surface area (Å²) in [6, 6.07) is 9.28. The molecule has 4 fully saturated rings. The second-order valence-electron chi connectivity index (χ2n) is 8.13. The summed E-state index contributed by atoms with van der Waals surface area (Å²) >= 11 is 0. The first-order valence-corrected chi connectivity index (χ1v) is 10.3. The van der Waals surface area contributed by atoms with E-state index in [4.69, 9.17) is 10.00 Å². The molecule has 4 atom stereocenters. The molecule has 4 heterocycles. The van der Waals surface area contributed by atoms with E-state index in [0.29, 0.717) is 23.8 Å². The van der Waals surface area contributed by atoms with E-state index in [1.807, 2.05) is 0 Å². The number of nitrogens with zero attached hydrogens (tertiary/aromatic N) is 3. The summed E-state index contributed by atoms with van der Waals surface area (Å²) in [6.07, 6.45) is 2.44. The molecule has 0 spiro atoms. The highest BCUT2D eigenvalue weighted by molar-refractivity contribution is 5.89. The van der Waals surface area contributed by atoms with Gasteiger partial charge in [-0.1, -0.05) is 6.07 Å². The zero-order chi connectivity index (χ0) is 19.3. The summed E-state index contributed by atoms with van der Waals surface area (Å²) in [7, 11) is 0. The van der Waals surface area contributed by atoms with Crippen LogP contribution in [0.15, 0.2) is 24.3 Å². The van der Waals surface area contributed by atoms with Gasteiger partial charge < -0.3 is 15.4 Å². The van der Waals surface area contributed by atoms with E-state index in [0.717, 1.165) is 51.2 Å². The highest BCUT2D eigenvalue weighted by Gasteiger charge is 2.40. The number of hydrogen-bond donors (Lipinski definition) is 2. The number of anilines is 1. The first-order valence-electron chi connectivity index (χ1n) is 10.3. The molecule has 4 aliphatic heterocycles. The molecule has 2 bridgehead atoms. The minimum Gasteiger partial charge on any atom is -0.379 e. The first-order chi connectivity index (χ1) is 13.7. The molecule has 28 heavy (non-hydrogen) atoms. The third-order valence-corrected chi connectivity index (χ3v) is 6.36. The van der Waals surface area contributed by atoms with Crippen LogP contribution < -0.4 is 10.6 Å². The largest absolute Gasteiger partial charge is 0.379 e. The van der Waals surface area contributed by atoms with Crippen LogP contribution in [-0.2, 0) is 4.74 Å². The van der Waals surface area contributed by atoms with E-state index < -0.39 is 0 Å². The Morgan fingerprint density at radius 1 is 1.29 bits per heavy atom. The molecule has 4 saturated heterocycles. The lowest BCUT2D eigenvalue weighted by atomic mass is 9.75. The van der Waals surface area contributed by atoms with E-state index in [-0.39, 0.29) is 6.03 Å². The molecule has 5 rings (SSSR count). The van der Waals surface area contributed by atoms with Gasteiger partial charge in [0.2, 0.25) is 0 Å². The van der Waals surface area contributed by atoms with Gasteiger partial charge in [-0.05, 0) is 49.4 Å². The van der Waals surface area contributed by atoms with Crippen molar-refractivity contribution in [2.24, 2.45) is 11.8 Å². The SMILES string of the molecule is N#Cc1cccc(NC(=O)NC[C@@H]2C[C@H]3CCN2C[C@@H]3CN2CCOCC2)c1. The van der Waals surface area contributed by atoms with Gasteiger partial charge in [0.1, 0.15) is 0 Å². The van der Waals surface area contributed by atoms with Gasteiger partial charge in [-0.25, -0.2) is 4.79 Å². The third-order valence-electron chi connectivity index (χ3n) is 6.36. The average Bonchev–Trinajstić information content (AvgIpc) is 2.74. The number of ether oxygens (including phenoxy) is 1. The van der Waals surface area contributed by atoms with Gasteiger partial charge in [0, 0.05) is 44.5 Å². The van der Waals surface area contributed by atoms with Gasteiger partial charge in [-0.15, -0.1) is 0 Å². The molecule has 7 nitrogen and oxygen atoms in total. The molecular weight excluding hydrogens is 354 g/mol. The lowest BCUT2D eigenvalue weighted by Crippen LogP contribution is -2.59. The van der Waals surface area contributed by atoms with Crippen LogP contribution in [0.25, 0.3) is 0 Å². The van der Waals surface area contributed by atoms with Crippen molar-refractivity contribution in [1.82, 2.24) is 15.1 Å². The van der Waals surface area contributed by atoms with Crippen LogP contribution in [0.4, 0.5) is 10.5 Å². The normalized spacial score (nSPS) is 29.8. The lowest BCUT2D eigenvalue weighted by Gasteiger charge is -2.51. The van der Waals surface area contributed by atoms with Crippen molar-refractivity contribution in [2.45, 2.75) is 18.9 Å². The van der Waals surface area contributed by atoms with Crippen molar-refractivity contribution in [3.63, 3.8) is 0 Å². The molecule has 150 valence electrons. The van der Waals surface area contributed by atoms with Crippen LogP contribution in [0.3, 0.4) is 0 Å². The molecule has 4 aliphatic rings. The summed E-state index contributed by atoms with van der Waals surface area (Å²) in [4.78, 5) is 17.4. The van der Waals surface area contributed by atoms with Crippen molar-refractivity contribution >= 4 is 11.7 Å². The van der Waals surface area contributed by atoms with E-state index in [1.54, 1.807) is 24.3 Å². The number of piperidine rings is 3. The topological polar surface area (TPSA) is 80.6 Å². The number of benzene rings is 1. The molecule has 2 amide bonds. The van der Waals surface area contributed by atoms with Crippen LogP contribution in [0.1, 0.15) is 18.4 Å². The Bertz CT molecular complexity index is 728. The molecule has 0 radical (unpaired) electrons. The Morgan fingerprint density at radius 2 is 2.14 bits per heavy atom. The summed E-state index contributed by atoms with van der Waals surface area (Å²) in [5.74, 6) is 1.50. The van der Waals surface area contributed by atoms with Gasteiger partial charge >= 0.3 is 6.03 Å². The fraction of sp³-hybridized carbons (Fsp3) is 0.619. The van der Waals surface area contributed by atoms with Crippen LogP contribution in [-0.4, -0.2) is 74.4 Å². The summed E-state index contributed by atoms with van der Waals surface area (Å²) in [5, 5.41) is 14.8. The van der Waals surface area contributed by atoms with Crippen molar-refractivity contribution in [3.05, 3.63) is 29.8 Å². The number of carbonyl (C=O) groups is 1. The van der Waals surface area contributed by atoms with Crippen LogP contribution >= 0.6 is 0 Å². The highest BCUT2D eigenvalue weighted by Crippen LogP contribution is 2.36. The predicted molar refractivity (Wildman–Crippen MR) is 107 cm³/mol. The van der Waals surface area contributed by atoms with E-state index in [1.165, 1.54) is 19.4 Å². The minimum absolute atomic E-state index is 0.206. The summed E-state index contributed by atoms with van der Waals surface area (Å²) in [5.41, 5.74) is 1.19. The van der Waals surface area contributed by atoms with E-state index in [9.17, 15) is 4.79 Å². The number of carbonyl (C=O) groups excluding carboxylic acids is 1. The van der Waals surface area contributed by atoms with Crippen molar-refractivity contribution < 1.29 is 9.53 Å². The van der Waals surface area contributed by atoms with Crippen molar-refractivity contribution in [3.8, 4) is 6.07 Å². The molecule has 1 unspecified atom stereocenters. The Morgan fingerprint density at radius 3 is 2.89 bits per heavy atom. The number of nitrogens with one attached hydrogen (secondary N) is 2. The molecule has 0 saturated carbocycles. The first kappa shape index (κ1) is 19.2. The molecule has 7 heteroatoms. The summed E-state index contributed by atoms with van der Waals surface area (Å²) in [6.45, 7) is 7.97. The Hall–Kier alpha value is -2.14.